The van der Waals surface area contributed by atoms with Gasteiger partial charge in [0.2, 0.25) is 5.91 Å². The Bertz CT molecular complexity index is 995. The molecule has 30 heavy (non-hydrogen) atoms. The smallest absolute Gasteiger partial charge is 0.251 e. The Morgan fingerprint density at radius 2 is 1.47 bits per heavy atom. The van der Waals surface area contributed by atoms with Gasteiger partial charge in [0.05, 0.1) is 6.54 Å². The predicted octanol–water partition coefficient (Wildman–Crippen LogP) is 3.73. The summed E-state index contributed by atoms with van der Waals surface area (Å²) in [4.78, 5) is 26.8. The molecular weight excluding hydrogens is 374 g/mol. The standard InChI is InChI=1S/C25H29N3O2/c1-3-28(4-2)18-20-11-9-19(10-12-20)16-26-24(29)17-27-25(30)23-14-13-21-7-5-6-8-22(21)15-23/h5-15H,3-4,16-18H2,1-2H3,(H,26,29)(H,27,30). The Balaban J connectivity index is 1.45. The molecule has 5 nitrogen and oxygen atoms in total. The molecule has 0 radical (unpaired) electrons. The molecule has 0 heterocycles. The minimum Gasteiger partial charge on any atom is -0.350 e. The SMILES string of the molecule is CCN(CC)Cc1ccc(CNC(=O)CNC(=O)c2ccc3ccccc3c2)cc1. The molecule has 5 heteroatoms. The van der Waals surface area contributed by atoms with E-state index in [0.717, 1.165) is 36.0 Å². The minimum absolute atomic E-state index is 0.0499. The van der Waals surface area contributed by atoms with E-state index in [1.54, 1.807) is 6.07 Å². The van der Waals surface area contributed by atoms with Crippen LogP contribution in [0.3, 0.4) is 0 Å². The number of carbonyl (C=O) groups is 2. The molecule has 0 spiro atoms. The van der Waals surface area contributed by atoms with Crippen molar-refractivity contribution in [2.45, 2.75) is 26.9 Å². The minimum atomic E-state index is -0.253. The van der Waals surface area contributed by atoms with E-state index in [9.17, 15) is 9.59 Å². The van der Waals surface area contributed by atoms with E-state index in [-0.39, 0.29) is 18.4 Å². The molecule has 3 aromatic carbocycles. The highest BCUT2D eigenvalue weighted by molar-refractivity contribution is 5.99. The molecule has 0 aromatic heterocycles. The summed E-state index contributed by atoms with van der Waals surface area (Å²) in [5, 5.41) is 7.62. The van der Waals surface area contributed by atoms with Crippen molar-refractivity contribution in [3.63, 3.8) is 0 Å². The molecule has 0 atom stereocenters. The fourth-order valence-electron chi connectivity index (χ4n) is 3.32. The highest BCUT2D eigenvalue weighted by atomic mass is 16.2. The quantitative estimate of drug-likeness (QED) is 0.572. The maximum Gasteiger partial charge on any atom is 0.251 e. The molecule has 0 fully saturated rings. The molecule has 3 aromatic rings. The normalized spacial score (nSPS) is 10.9. The van der Waals surface area contributed by atoms with E-state index >= 15 is 0 Å². The first kappa shape index (κ1) is 21.5. The molecule has 0 aliphatic heterocycles. The molecule has 0 saturated heterocycles. The van der Waals surface area contributed by atoms with Crippen LogP contribution in [0.2, 0.25) is 0 Å². The Labute approximate surface area is 178 Å². The van der Waals surface area contributed by atoms with E-state index in [4.69, 9.17) is 0 Å². The van der Waals surface area contributed by atoms with Crippen molar-refractivity contribution in [2.75, 3.05) is 19.6 Å². The fraction of sp³-hybridized carbons (Fsp3) is 0.280. The Kier molecular flexibility index (Phi) is 7.57. The van der Waals surface area contributed by atoms with Crippen LogP contribution < -0.4 is 10.6 Å². The Morgan fingerprint density at radius 3 is 2.17 bits per heavy atom. The van der Waals surface area contributed by atoms with E-state index in [0.29, 0.717) is 12.1 Å². The number of fused-ring (bicyclic) bond motifs is 1. The first-order valence-electron chi connectivity index (χ1n) is 10.4. The number of benzene rings is 3. The van der Waals surface area contributed by atoms with Gasteiger partial charge < -0.3 is 10.6 Å². The van der Waals surface area contributed by atoms with Crippen molar-refractivity contribution in [3.05, 3.63) is 83.4 Å². The molecule has 0 saturated carbocycles. The average molecular weight is 404 g/mol. The van der Waals surface area contributed by atoms with Crippen molar-refractivity contribution in [1.29, 1.82) is 0 Å². The van der Waals surface area contributed by atoms with Gasteiger partial charge in [0.1, 0.15) is 0 Å². The number of rotatable bonds is 9. The van der Waals surface area contributed by atoms with E-state index < -0.39 is 0 Å². The molecular formula is C25H29N3O2. The Hall–Kier alpha value is -3.18. The van der Waals surface area contributed by atoms with E-state index in [1.165, 1.54) is 5.56 Å². The zero-order chi connectivity index (χ0) is 21.3. The highest BCUT2D eigenvalue weighted by Gasteiger charge is 2.09. The van der Waals surface area contributed by atoms with Crippen LogP contribution in [0.1, 0.15) is 35.3 Å². The summed E-state index contributed by atoms with van der Waals surface area (Å²) in [6.45, 7) is 7.69. The predicted molar refractivity (Wildman–Crippen MR) is 121 cm³/mol. The maximum atomic E-state index is 12.3. The third-order valence-corrected chi connectivity index (χ3v) is 5.23. The third kappa shape index (κ3) is 5.91. The van der Waals surface area contributed by atoms with Gasteiger partial charge in [-0.15, -0.1) is 0 Å². The molecule has 2 N–H and O–H groups in total. The summed E-state index contributed by atoms with van der Waals surface area (Å²) < 4.78 is 0. The van der Waals surface area contributed by atoms with Gasteiger partial charge in [-0.2, -0.15) is 0 Å². The number of hydrogen-bond donors (Lipinski definition) is 2. The molecule has 156 valence electrons. The lowest BCUT2D eigenvalue weighted by Crippen LogP contribution is -2.36. The van der Waals surface area contributed by atoms with Crippen LogP contribution in [0, 0.1) is 0 Å². The maximum absolute atomic E-state index is 12.3. The second-order valence-corrected chi connectivity index (χ2v) is 7.30. The van der Waals surface area contributed by atoms with Gasteiger partial charge in [0, 0.05) is 18.7 Å². The third-order valence-electron chi connectivity index (χ3n) is 5.23. The van der Waals surface area contributed by atoms with Crippen molar-refractivity contribution < 1.29 is 9.59 Å². The van der Waals surface area contributed by atoms with Crippen LogP contribution in [-0.2, 0) is 17.9 Å². The molecule has 0 unspecified atom stereocenters. The zero-order valence-electron chi connectivity index (χ0n) is 17.7. The van der Waals surface area contributed by atoms with Crippen molar-refractivity contribution in [3.8, 4) is 0 Å². The summed E-state index contributed by atoms with van der Waals surface area (Å²) in [6.07, 6.45) is 0. The van der Waals surface area contributed by atoms with Gasteiger partial charge in [0.15, 0.2) is 0 Å². The van der Waals surface area contributed by atoms with Crippen LogP contribution in [0.4, 0.5) is 0 Å². The second kappa shape index (κ2) is 10.6. The summed E-state index contributed by atoms with van der Waals surface area (Å²) in [5.74, 6) is -0.465. The molecule has 3 rings (SSSR count). The van der Waals surface area contributed by atoms with Crippen LogP contribution in [0.25, 0.3) is 10.8 Å². The Morgan fingerprint density at radius 1 is 0.800 bits per heavy atom. The highest BCUT2D eigenvalue weighted by Crippen LogP contribution is 2.15. The van der Waals surface area contributed by atoms with Crippen molar-refractivity contribution in [2.24, 2.45) is 0 Å². The molecule has 0 aliphatic carbocycles. The van der Waals surface area contributed by atoms with Gasteiger partial charge in [-0.3, -0.25) is 14.5 Å². The van der Waals surface area contributed by atoms with E-state index in [1.807, 2.05) is 48.5 Å². The molecule has 0 aliphatic rings. The number of carbonyl (C=O) groups excluding carboxylic acids is 2. The summed E-state index contributed by atoms with van der Waals surface area (Å²) in [6, 6.07) is 21.7. The summed E-state index contributed by atoms with van der Waals surface area (Å²) in [5.41, 5.74) is 2.84. The number of hydrogen-bond acceptors (Lipinski definition) is 3. The first-order valence-corrected chi connectivity index (χ1v) is 10.4. The van der Waals surface area contributed by atoms with Gasteiger partial charge in [-0.25, -0.2) is 0 Å². The van der Waals surface area contributed by atoms with Gasteiger partial charge in [-0.1, -0.05) is 68.4 Å². The van der Waals surface area contributed by atoms with Gasteiger partial charge in [0.25, 0.3) is 5.91 Å². The second-order valence-electron chi connectivity index (χ2n) is 7.30. The lowest BCUT2D eigenvalue weighted by Gasteiger charge is -2.18. The van der Waals surface area contributed by atoms with Crippen LogP contribution >= 0.6 is 0 Å². The largest absolute Gasteiger partial charge is 0.350 e. The number of nitrogens with zero attached hydrogens (tertiary/aromatic N) is 1. The van der Waals surface area contributed by atoms with Crippen molar-refractivity contribution in [1.82, 2.24) is 15.5 Å². The van der Waals surface area contributed by atoms with Crippen LogP contribution in [0.15, 0.2) is 66.7 Å². The van der Waals surface area contributed by atoms with Crippen LogP contribution in [0.5, 0.6) is 0 Å². The summed E-state index contributed by atoms with van der Waals surface area (Å²) in [7, 11) is 0. The monoisotopic (exact) mass is 403 g/mol. The number of nitrogens with one attached hydrogen (secondary N) is 2. The lowest BCUT2D eigenvalue weighted by atomic mass is 10.1. The van der Waals surface area contributed by atoms with Crippen LogP contribution in [-0.4, -0.2) is 36.3 Å². The van der Waals surface area contributed by atoms with E-state index in [2.05, 4.69) is 41.5 Å². The summed E-state index contributed by atoms with van der Waals surface area (Å²) >= 11 is 0. The lowest BCUT2D eigenvalue weighted by molar-refractivity contribution is -0.120. The fourth-order valence-corrected chi connectivity index (χ4v) is 3.32. The van der Waals surface area contributed by atoms with Crippen molar-refractivity contribution >= 4 is 22.6 Å². The zero-order valence-corrected chi connectivity index (χ0v) is 17.7. The molecule has 2 amide bonds. The van der Waals surface area contributed by atoms with Gasteiger partial charge in [-0.05, 0) is 47.1 Å². The first-order chi connectivity index (χ1) is 14.6. The topological polar surface area (TPSA) is 61.4 Å². The van der Waals surface area contributed by atoms with Gasteiger partial charge >= 0.3 is 0 Å². The molecule has 0 bridgehead atoms. The number of amides is 2. The average Bonchev–Trinajstić information content (AvgIpc) is 2.80.